The topological polar surface area (TPSA) is 89.5 Å². The summed E-state index contributed by atoms with van der Waals surface area (Å²) in [6.45, 7) is 1.75. The third kappa shape index (κ3) is 3.67. The Kier molecular flexibility index (Phi) is 4.50. The van der Waals surface area contributed by atoms with E-state index < -0.39 is 27.4 Å². The van der Waals surface area contributed by atoms with E-state index in [2.05, 4.69) is 5.32 Å². The zero-order chi connectivity index (χ0) is 19.9. The number of fused-ring (bicyclic) bond motifs is 1. The van der Waals surface area contributed by atoms with Crippen LogP contribution in [0, 0.1) is 0 Å². The third-order valence-electron chi connectivity index (χ3n) is 5.33. The van der Waals surface area contributed by atoms with Crippen LogP contribution in [-0.4, -0.2) is 37.3 Å². The highest BCUT2D eigenvalue weighted by atomic mass is 32.2. The number of carbonyl (C=O) groups excluding carboxylic acids is 2. The first-order chi connectivity index (χ1) is 13.2. The fourth-order valence-corrected chi connectivity index (χ4v) is 5.94. The smallest absolute Gasteiger partial charge is 0.339 e. The monoisotopic (exact) mass is 399 g/mol. The van der Waals surface area contributed by atoms with Crippen LogP contribution in [0.4, 0.5) is 0 Å². The molecule has 0 aromatic heterocycles. The lowest BCUT2D eigenvalue weighted by atomic mass is 9.92. The normalized spacial score (nSPS) is 25.6. The summed E-state index contributed by atoms with van der Waals surface area (Å²) in [6.07, 6.45) is 0.490. The van der Waals surface area contributed by atoms with Crippen molar-refractivity contribution in [2.75, 3.05) is 11.5 Å². The molecule has 0 saturated carbocycles. The molecule has 0 aliphatic carbocycles. The van der Waals surface area contributed by atoms with E-state index in [4.69, 9.17) is 4.74 Å². The summed E-state index contributed by atoms with van der Waals surface area (Å²) in [7, 11) is -3.12. The number of amides is 1. The lowest BCUT2D eigenvalue weighted by Gasteiger charge is -2.26. The molecule has 0 bridgehead atoms. The van der Waals surface area contributed by atoms with Crippen molar-refractivity contribution in [2.45, 2.75) is 31.4 Å². The number of hydrogen-bond acceptors (Lipinski definition) is 5. The van der Waals surface area contributed by atoms with Gasteiger partial charge in [-0.2, -0.15) is 0 Å². The maximum Gasteiger partial charge on any atom is 0.339 e. The first kappa shape index (κ1) is 18.7. The molecular weight excluding hydrogens is 378 g/mol. The highest BCUT2D eigenvalue weighted by Gasteiger charge is 2.39. The van der Waals surface area contributed by atoms with Crippen LogP contribution >= 0.6 is 0 Å². The molecule has 1 amide bonds. The van der Waals surface area contributed by atoms with E-state index in [0.29, 0.717) is 24.0 Å². The quantitative estimate of drug-likeness (QED) is 0.801. The number of benzene rings is 2. The number of hydrogen-bond donors (Lipinski definition) is 1. The van der Waals surface area contributed by atoms with Crippen LogP contribution in [0.25, 0.3) is 0 Å². The van der Waals surface area contributed by atoms with Gasteiger partial charge in [-0.15, -0.1) is 0 Å². The summed E-state index contributed by atoms with van der Waals surface area (Å²) < 4.78 is 29.1. The van der Waals surface area contributed by atoms with Gasteiger partial charge in [0.2, 0.25) is 0 Å². The van der Waals surface area contributed by atoms with E-state index in [9.17, 15) is 18.0 Å². The average molecular weight is 399 g/mol. The number of rotatable bonds is 3. The van der Waals surface area contributed by atoms with Gasteiger partial charge in [0, 0.05) is 12.0 Å². The molecule has 4 rings (SSSR count). The molecule has 2 heterocycles. The Morgan fingerprint density at radius 1 is 1.18 bits per heavy atom. The molecule has 146 valence electrons. The minimum absolute atomic E-state index is 0.0565. The first-order valence-electron chi connectivity index (χ1n) is 9.17. The zero-order valence-electron chi connectivity index (χ0n) is 15.5. The maximum absolute atomic E-state index is 12.7. The summed E-state index contributed by atoms with van der Waals surface area (Å²) >= 11 is 0. The summed E-state index contributed by atoms with van der Waals surface area (Å²) in [5, 5.41) is 2.85. The number of esters is 1. The maximum atomic E-state index is 12.7. The second-order valence-corrected chi connectivity index (χ2v) is 9.92. The summed E-state index contributed by atoms with van der Waals surface area (Å²) in [5.41, 5.74) is 1.75. The van der Waals surface area contributed by atoms with Gasteiger partial charge in [0.05, 0.1) is 22.6 Å². The number of sulfone groups is 1. The van der Waals surface area contributed by atoms with Crippen molar-refractivity contribution in [3.8, 4) is 0 Å². The van der Waals surface area contributed by atoms with Crippen molar-refractivity contribution in [3.05, 3.63) is 70.8 Å². The molecule has 7 heteroatoms. The highest BCUT2D eigenvalue weighted by molar-refractivity contribution is 7.91. The van der Waals surface area contributed by atoms with Gasteiger partial charge in [-0.05, 0) is 42.7 Å². The number of cyclic esters (lactones) is 1. The number of nitrogens with one attached hydrogen (secondary N) is 1. The molecule has 28 heavy (non-hydrogen) atoms. The fraction of sp³-hybridized carbons (Fsp3) is 0.333. The molecule has 1 saturated heterocycles. The van der Waals surface area contributed by atoms with Crippen molar-refractivity contribution in [3.63, 3.8) is 0 Å². The predicted octanol–water partition coefficient (Wildman–Crippen LogP) is 2.45. The summed E-state index contributed by atoms with van der Waals surface area (Å²) in [4.78, 5) is 25.1. The Balaban J connectivity index is 1.57. The van der Waals surface area contributed by atoms with Gasteiger partial charge in [-0.25, -0.2) is 13.2 Å². The second-order valence-electron chi connectivity index (χ2n) is 7.74. The molecule has 0 radical (unpaired) electrons. The molecule has 0 spiro atoms. The van der Waals surface area contributed by atoms with Gasteiger partial charge in [0.1, 0.15) is 6.10 Å². The van der Waals surface area contributed by atoms with E-state index >= 15 is 0 Å². The molecule has 2 aliphatic rings. The Bertz CT molecular complexity index is 1050. The largest absolute Gasteiger partial charge is 0.454 e. The molecule has 1 N–H and O–H groups in total. The molecule has 2 atom stereocenters. The van der Waals surface area contributed by atoms with E-state index in [1.165, 1.54) is 0 Å². The minimum Gasteiger partial charge on any atom is -0.454 e. The van der Waals surface area contributed by atoms with Crippen LogP contribution in [0.3, 0.4) is 0 Å². The number of ether oxygens (including phenoxy) is 1. The molecule has 2 aromatic rings. The minimum atomic E-state index is -3.12. The first-order valence-corrected chi connectivity index (χ1v) is 11.0. The van der Waals surface area contributed by atoms with Crippen LogP contribution in [0.15, 0.2) is 48.5 Å². The lowest BCUT2D eigenvalue weighted by Crippen LogP contribution is -2.47. The van der Waals surface area contributed by atoms with Crippen LogP contribution < -0.4 is 5.32 Å². The summed E-state index contributed by atoms with van der Waals surface area (Å²) in [6, 6.07) is 14.4. The van der Waals surface area contributed by atoms with Crippen molar-refractivity contribution < 1.29 is 22.7 Å². The molecule has 1 fully saturated rings. The molecule has 0 unspecified atom stereocenters. The zero-order valence-corrected chi connectivity index (χ0v) is 16.3. The lowest BCUT2D eigenvalue weighted by molar-refractivity contribution is 0.0252. The van der Waals surface area contributed by atoms with Crippen LogP contribution in [0.1, 0.15) is 51.3 Å². The van der Waals surface area contributed by atoms with E-state index in [1.54, 1.807) is 25.1 Å². The third-order valence-corrected chi connectivity index (χ3v) is 7.24. The van der Waals surface area contributed by atoms with Gasteiger partial charge in [0.15, 0.2) is 9.84 Å². The van der Waals surface area contributed by atoms with E-state index in [0.717, 1.165) is 11.1 Å². The van der Waals surface area contributed by atoms with E-state index in [1.807, 2.05) is 30.3 Å². The number of carbonyl (C=O) groups is 2. The van der Waals surface area contributed by atoms with Gasteiger partial charge < -0.3 is 10.1 Å². The van der Waals surface area contributed by atoms with Crippen molar-refractivity contribution in [1.82, 2.24) is 5.32 Å². The van der Waals surface area contributed by atoms with Crippen LogP contribution in [-0.2, 0) is 21.0 Å². The summed E-state index contributed by atoms with van der Waals surface area (Å²) in [5.74, 6) is -0.717. The predicted molar refractivity (Wildman–Crippen MR) is 104 cm³/mol. The van der Waals surface area contributed by atoms with Crippen molar-refractivity contribution in [2.24, 2.45) is 0 Å². The Morgan fingerprint density at radius 2 is 1.93 bits per heavy atom. The molecular formula is C21H21NO5S. The fourth-order valence-electron chi connectivity index (χ4n) is 3.85. The van der Waals surface area contributed by atoms with Gasteiger partial charge in [-0.3, -0.25) is 4.79 Å². The van der Waals surface area contributed by atoms with Crippen LogP contribution in [0.5, 0.6) is 0 Å². The van der Waals surface area contributed by atoms with Gasteiger partial charge in [0.25, 0.3) is 5.91 Å². The van der Waals surface area contributed by atoms with E-state index in [-0.39, 0.29) is 17.4 Å². The Labute approximate surface area is 163 Å². The Hall–Kier alpha value is -2.67. The SMILES string of the molecule is C[C@]1(NC(=O)c2ccc3c(c2)C[C@H](c2ccccc2)OC3=O)CCS(=O)(=O)C1. The highest BCUT2D eigenvalue weighted by Crippen LogP contribution is 2.31. The standard InChI is InChI=1S/C21H21NO5S/c1-21(9-10-28(25,26)13-21)22-19(23)15-7-8-17-16(11-15)12-18(27-20(17)24)14-5-3-2-4-6-14/h2-8,11,18H,9-10,12-13H2,1H3,(H,22,23)/t18-,21+/m1/s1. The van der Waals surface area contributed by atoms with Crippen LogP contribution in [0.2, 0.25) is 0 Å². The van der Waals surface area contributed by atoms with Crippen molar-refractivity contribution in [1.29, 1.82) is 0 Å². The average Bonchev–Trinajstić information content (AvgIpc) is 2.94. The van der Waals surface area contributed by atoms with Gasteiger partial charge >= 0.3 is 5.97 Å². The molecule has 6 nitrogen and oxygen atoms in total. The second kappa shape index (κ2) is 6.74. The molecule has 2 aromatic carbocycles. The van der Waals surface area contributed by atoms with Crippen molar-refractivity contribution >= 4 is 21.7 Å². The van der Waals surface area contributed by atoms with Gasteiger partial charge in [-0.1, -0.05) is 30.3 Å². The molecule has 2 aliphatic heterocycles. The Morgan fingerprint density at radius 3 is 2.61 bits per heavy atom.